The van der Waals surface area contributed by atoms with Crippen LogP contribution in [0.3, 0.4) is 0 Å². The van der Waals surface area contributed by atoms with Gasteiger partial charge in [-0.25, -0.2) is 4.39 Å². The van der Waals surface area contributed by atoms with Crippen molar-refractivity contribution in [2.75, 3.05) is 26.2 Å². The topological polar surface area (TPSA) is 32.7 Å². The van der Waals surface area contributed by atoms with E-state index in [9.17, 15) is 17.6 Å². The first-order valence-electron chi connectivity index (χ1n) is 6.31. The number of alkyl halides is 3. The first kappa shape index (κ1) is 16.5. The minimum absolute atomic E-state index is 0.0288. The van der Waals surface area contributed by atoms with E-state index in [0.29, 0.717) is 5.56 Å². The predicted molar refractivity (Wildman–Crippen MR) is 68.6 cm³/mol. The van der Waals surface area contributed by atoms with E-state index < -0.39 is 30.7 Å². The van der Waals surface area contributed by atoms with Gasteiger partial charge in [0.1, 0.15) is 5.82 Å². The molecular formula is C13H14ClF4NO2. The molecule has 2 rings (SSSR count). The minimum atomic E-state index is -4.65. The summed E-state index contributed by atoms with van der Waals surface area (Å²) in [6.07, 6.45) is -7.61. The van der Waals surface area contributed by atoms with Gasteiger partial charge in [-0.05, 0) is 17.7 Å². The second-order valence-corrected chi connectivity index (χ2v) is 5.26. The maximum atomic E-state index is 13.4. The maximum Gasteiger partial charge on any atom is 0.415 e. The van der Waals surface area contributed by atoms with Gasteiger partial charge in [0.15, 0.2) is 6.10 Å². The molecule has 0 spiro atoms. The van der Waals surface area contributed by atoms with Gasteiger partial charge in [0.25, 0.3) is 0 Å². The smallest absolute Gasteiger partial charge is 0.382 e. The third kappa shape index (κ3) is 4.29. The molecule has 1 aromatic carbocycles. The van der Waals surface area contributed by atoms with Crippen LogP contribution in [0, 0.1) is 5.82 Å². The Morgan fingerprint density at radius 3 is 2.76 bits per heavy atom. The van der Waals surface area contributed by atoms with Crippen molar-refractivity contribution >= 4 is 11.6 Å². The van der Waals surface area contributed by atoms with Crippen LogP contribution in [0.2, 0.25) is 5.02 Å². The van der Waals surface area contributed by atoms with Crippen molar-refractivity contribution in [1.82, 2.24) is 4.90 Å². The van der Waals surface area contributed by atoms with Gasteiger partial charge in [-0.2, -0.15) is 13.2 Å². The van der Waals surface area contributed by atoms with Crippen LogP contribution in [-0.4, -0.2) is 48.5 Å². The summed E-state index contributed by atoms with van der Waals surface area (Å²) in [5.41, 5.74) is 0.503. The molecule has 0 saturated carbocycles. The summed E-state index contributed by atoms with van der Waals surface area (Å²) < 4.78 is 55.9. The van der Waals surface area contributed by atoms with Crippen molar-refractivity contribution in [3.8, 4) is 0 Å². The lowest BCUT2D eigenvalue weighted by Crippen LogP contribution is -2.46. The van der Waals surface area contributed by atoms with Crippen LogP contribution in [0.15, 0.2) is 18.2 Å². The summed E-state index contributed by atoms with van der Waals surface area (Å²) in [5.74, 6) is -0.606. The molecule has 1 aromatic rings. The molecule has 2 atom stereocenters. The Morgan fingerprint density at radius 2 is 2.14 bits per heavy atom. The zero-order valence-corrected chi connectivity index (χ0v) is 11.7. The van der Waals surface area contributed by atoms with E-state index in [0.717, 1.165) is 0 Å². The van der Waals surface area contributed by atoms with E-state index >= 15 is 0 Å². The fourth-order valence-corrected chi connectivity index (χ4v) is 2.25. The number of benzene rings is 1. The highest BCUT2D eigenvalue weighted by Crippen LogP contribution is 2.27. The average molecular weight is 328 g/mol. The van der Waals surface area contributed by atoms with Crippen molar-refractivity contribution in [1.29, 1.82) is 0 Å². The summed E-state index contributed by atoms with van der Waals surface area (Å²) in [6, 6.07) is 4.15. The molecule has 118 valence electrons. The number of hydrogen-bond donors (Lipinski definition) is 1. The number of rotatable bonds is 3. The molecule has 0 bridgehead atoms. The normalized spacial score (nSPS) is 22.3. The summed E-state index contributed by atoms with van der Waals surface area (Å²) in [4.78, 5) is 1.44. The average Bonchev–Trinajstić information content (AvgIpc) is 2.41. The lowest BCUT2D eigenvalue weighted by molar-refractivity contribution is -0.211. The minimum Gasteiger partial charge on any atom is -0.382 e. The Bertz CT molecular complexity index is 498. The molecule has 1 heterocycles. The van der Waals surface area contributed by atoms with Gasteiger partial charge in [-0.1, -0.05) is 17.7 Å². The third-order valence-electron chi connectivity index (χ3n) is 3.27. The Labute approximate surface area is 124 Å². The van der Waals surface area contributed by atoms with Gasteiger partial charge in [-0.15, -0.1) is 0 Å². The van der Waals surface area contributed by atoms with Crippen LogP contribution in [0.4, 0.5) is 17.6 Å². The van der Waals surface area contributed by atoms with E-state index in [-0.39, 0.29) is 24.7 Å². The van der Waals surface area contributed by atoms with Crippen molar-refractivity contribution in [2.24, 2.45) is 0 Å². The van der Waals surface area contributed by atoms with Crippen molar-refractivity contribution in [3.63, 3.8) is 0 Å². The fraction of sp³-hybridized carbons (Fsp3) is 0.538. The van der Waals surface area contributed by atoms with E-state index in [2.05, 4.69) is 0 Å². The molecule has 1 aliphatic rings. The molecule has 1 aliphatic heterocycles. The van der Waals surface area contributed by atoms with Crippen molar-refractivity contribution in [2.45, 2.75) is 18.4 Å². The number of ether oxygens (including phenoxy) is 1. The Morgan fingerprint density at radius 1 is 1.43 bits per heavy atom. The predicted octanol–water partition coefficient (Wildman–Crippen LogP) is 2.78. The third-order valence-corrected chi connectivity index (χ3v) is 3.58. The van der Waals surface area contributed by atoms with Crippen LogP contribution in [0.5, 0.6) is 0 Å². The molecule has 0 aromatic heterocycles. The van der Waals surface area contributed by atoms with Gasteiger partial charge >= 0.3 is 6.18 Å². The van der Waals surface area contributed by atoms with Crippen LogP contribution < -0.4 is 0 Å². The monoisotopic (exact) mass is 327 g/mol. The lowest BCUT2D eigenvalue weighted by Gasteiger charge is -2.34. The molecule has 8 heteroatoms. The van der Waals surface area contributed by atoms with Crippen LogP contribution in [0.25, 0.3) is 0 Å². The van der Waals surface area contributed by atoms with Gasteiger partial charge in [-0.3, -0.25) is 4.90 Å². The SMILES string of the molecule is O[C@@H](CN1CCO[C@H](c2ccc(Cl)c(F)c2)C1)C(F)(F)F. The standard InChI is InChI=1S/C13H14ClF4NO2/c14-9-2-1-8(5-10(9)15)11-6-19(3-4-21-11)7-12(20)13(16,17)18/h1-2,5,11-12,20H,3-4,6-7H2/t11-,12-/m0/s1. The molecule has 0 amide bonds. The van der Waals surface area contributed by atoms with Gasteiger partial charge in [0.2, 0.25) is 0 Å². The molecule has 0 unspecified atom stereocenters. The number of aliphatic hydroxyl groups excluding tert-OH is 1. The van der Waals surface area contributed by atoms with Crippen LogP contribution in [-0.2, 0) is 4.74 Å². The van der Waals surface area contributed by atoms with Gasteiger partial charge in [0, 0.05) is 19.6 Å². The van der Waals surface area contributed by atoms with Gasteiger partial charge in [0.05, 0.1) is 17.7 Å². The highest BCUT2D eigenvalue weighted by molar-refractivity contribution is 6.30. The first-order valence-corrected chi connectivity index (χ1v) is 6.69. The summed E-state index contributed by atoms with van der Waals surface area (Å²) in [6.45, 7) is 0.104. The fourth-order valence-electron chi connectivity index (χ4n) is 2.13. The second-order valence-electron chi connectivity index (χ2n) is 4.85. The highest BCUT2D eigenvalue weighted by atomic mass is 35.5. The summed E-state index contributed by atoms with van der Waals surface area (Å²) >= 11 is 5.58. The molecule has 3 nitrogen and oxygen atoms in total. The van der Waals surface area contributed by atoms with E-state index in [1.165, 1.54) is 17.0 Å². The molecule has 1 saturated heterocycles. The Hall–Kier alpha value is -0.890. The van der Waals surface area contributed by atoms with Gasteiger partial charge < -0.3 is 9.84 Å². The maximum absolute atomic E-state index is 13.4. The highest BCUT2D eigenvalue weighted by Gasteiger charge is 2.39. The Balaban J connectivity index is 2.02. The van der Waals surface area contributed by atoms with E-state index in [1.807, 2.05) is 0 Å². The molecule has 21 heavy (non-hydrogen) atoms. The Kier molecular flexibility index (Phi) is 5.08. The van der Waals surface area contributed by atoms with Crippen molar-refractivity contribution in [3.05, 3.63) is 34.6 Å². The van der Waals surface area contributed by atoms with E-state index in [1.54, 1.807) is 6.07 Å². The van der Waals surface area contributed by atoms with E-state index in [4.69, 9.17) is 21.4 Å². The first-order chi connectivity index (χ1) is 9.77. The number of aliphatic hydroxyl groups is 1. The molecule has 1 N–H and O–H groups in total. The largest absolute Gasteiger partial charge is 0.415 e. The lowest BCUT2D eigenvalue weighted by atomic mass is 10.1. The number of nitrogens with zero attached hydrogens (tertiary/aromatic N) is 1. The summed E-state index contributed by atoms with van der Waals surface area (Å²) in [5, 5.41) is 9.06. The van der Waals surface area contributed by atoms with Crippen molar-refractivity contribution < 1.29 is 27.4 Å². The number of β-amino-alcohol motifs (C(OH)–C–C–N with tert-alkyl or cyclic N) is 1. The zero-order valence-electron chi connectivity index (χ0n) is 10.9. The molecular weight excluding hydrogens is 314 g/mol. The quantitative estimate of drug-likeness (QED) is 0.867. The molecule has 0 radical (unpaired) electrons. The van der Waals surface area contributed by atoms with Crippen LogP contribution >= 0.6 is 11.6 Å². The zero-order chi connectivity index (χ0) is 15.6. The second kappa shape index (κ2) is 6.48. The number of hydrogen-bond acceptors (Lipinski definition) is 3. The molecule has 1 fully saturated rings. The van der Waals surface area contributed by atoms with Crippen LogP contribution in [0.1, 0.15) is 11.7 Å². The molecule has 0 aliphatic carbocycles. The number of halogens is 5. The summed E-state index contributed by atoms with van der Waals surface area (Å²) in [7, 11) is 0. The number of morpholine rings is 1.